The predicted octanol–water partition coefficient (Wildman–Crippen LogP) is 2.16. The maximum Gasteiger partial charge on any atom is 0.574 e. The highest BCUT2D eigenvalue weighted by molar-refractivity contribution is 5.19. The molecule has 1 aromatic rings. The average Bonchev–Trinajstić information content (AvgIpc) is 1.91. The maximum absolute atomic E-state index is 11.6. The molecule has 1 aromatic heterocycles. The fourth-order valence-electron chi connectivity index (χ4n) is 0.590. The number of hydrogen-bond donors (Lipinski definition) is 0. The van der Waals surface area contributed by atoms with Crippen molar-refractivity contribution in [1.29, 1.82) is 0 Å². The van der Waals surface area contributed by atoms with E-state index < -0.39 is 12.2 Å². The quantitative estimate of drug-likeness (QED) is 0.654. The molecular weight excluding hydrogens is 171 g/mol. The lowest BCUT2D eigenvalue weighted by Crippen LogP contribution is -2.17. The standard InChI is InChI=1S/C7H5F3NO/c1-5-2-3-6(11-4-5)12-7(8,9)10/h2-4H,1H2. The van der Waals surface area contributed by atoms with Crippen LogP contribution in [0.25, 0.3) is 0 Å². The van der Waals surface area contributed by atoms with E-state index in [9.17, 15) is 13.2 Å². The van der Waals surface area contributed by atoms with Crippen LogP contribution in [0, 0.1) is 6.92 Å². The monoisotopic (exact) mass is 176 g/mol. The van der Waals surface area contributed by atoms with E-state index in [0.29, 0.717) is 5.56 Å². The minimum atomic E-state index is -4.68. The first-order chi connectivity index (χ1) is 5.47. The molecule has 0 atom stereocenters. The minimum Gasteiger partial charge on any atom is -0.388 e. The van der Waals surface area contributed by atoms with E-state index in [0.717, 1.165) is 6.07 Å². The second-order valence-electron chi connectivity index (χ2n) is 2.05. The van der Waals surface area contributed by atoms with Crippen LogP contribution in [0.4, 0.5) is 13.2 Å². The summed E-state index contributed by atoms with van der Waals surface area (Å²) < 4.78 is 38.2. The van der Waals surface area contributed by atoms with Crippen molar-refractivity contribution < 1.29 is 17.9 Å². The predicted molar refractivity (Wildman–Crippen MR) is 35.4 cm³/mol. The van der Waals surface area contributed by atoms with Gasteiger partial charge in [0, 0.05) is 12.3 Å². The number of pyridine rings is 1. The summed E-state index contributed by atoms with van der Waals surface area (Å²) in [7, 11) is 0. The van der Waals surface area contributed by atoms with Crippen molar-refractivity contribution in [2.75, 3.05) is 0 Å². The highest BCUT2D eigenvalue weighted by Crippen LogP contribution is 2.20. The Kier molecular flexibility index (Phi) is 2.21. The van der Waals surface area contributed by atoms with E-state index in [1.165, 1.54) is 12.3 Å². The Labute approximate surface area is 67.0 Å². The smallest absolute Gasteiger partial charge is 0.388 e. The largest absolute Gasteiger partial charge is 0.574 e. The summed E-state index contributed by atoms with van der Waals surface area (Å²) in [5, 5.41) is 0. The molecule has 0 aliphatic heterocycles. The van der Waals surface area contributed by atoms with Crippen molar-refractivity contribution in [1.82, 2.24) is 4.98 Å². The number of hydrogen-bond acceptors (Lipinski definition) is 2. The van der Waals surface area contributed by atoms with Gasteiger partial charge in [-0.05, 0) is 12.5 Å². The van der Waals surface area contributed by atoms with Crippen molar-refractivity contribution in [2.45, 2.75) is 6.36 Å². The summed E-state index contributed by atoms with van der Waals surface area (Å²) in [6.45, 7) is 3.46. The van der Waals surface area contributed by atoms with Crippen LogP contribution in [0.15, 0.2) is 18.3 Å². The van der Waals surface area contributed by atoms with Gasteiger partial charge in [0.1, 0.15) is 0 Å². The average molecular weight is 176 g/mol. The Morgan fingerprint density at radius 3 is 2.42 bits per heavy atom. The van der Waals surface area contributed by atoms with E-state index >= 15 is 0 Å². The van der Waals surface area contributed by atoms with Crippen LogP contribution in [-0.4, -0.2) is 11.3 Å². The fourth-order valence-corrected chi connectivity index (χ4v) is 0.590. The Balaban J connectivity index is 2.71. The van der Waals surface area contributed by atoms with Gasteiger partial charge < -0.3 is 4.74 Å². The van der Waals surface area contributed by atoms with Crippen LogP contribution in [0.3, 0.4) is 0 Å². The Bertz CT molecular complexity index is 254. The van der Waals surface area contributed by atoms with Crippen LogP contribution in [0.1, 0.15) is 5.56 Å². The van der Waals surface area contributed by atoms with Gasteiger partial charge in [-0.1, -0.05) is 6.07 Å². The van der Waals surface area contributed by atoms with E-state index in [1.807, 2.05) is 0 Å². The third-order valence-electron chi connectivity index (χ3n) is 1.02. The molecule has 12 heavy (non-hydrogen) atoms. The first-order valence-corrected chi connectivity index (χ1v) is 3.01. The van der Waals surface area contributed by atoms with Crippen LogP contribution in [0.5, 0.6) is 5.88 Å². The molecule has 0 aliphatic carbocycles. The first-order valence-electron chi connectivity index (χ1n) is 3.01. The van der Waals surface area contributed by atoms with Gasteiger partial charge in [0.25, 0.3) is 0 Å². The molecule has 0 aliphatic rings. The van der Waals surface area contributed by atoms with Crippen molar-refractivity contribution in [3.63, 3.8) is 0 Å². The van der Waals surface area contributed by atoms with Gasteiger partial charge in [-0.15, -0.1) is 13.2 Å². The molecule has 0 amide bonds. The number of rotatable bonds is 1. The zero-order valence-corrected chi connectivity index (χ0v) is 5.93. The fraction of sp³-hybridized carbons (Fsp3) is 0.143. The second-order valence-corrected chi connectivity index (χ2v) is 2.05. The van der Waals surface area contributed by atoms with E-state index in [-0.39, 0.29) is 0 Å². The normalized spacial score (nSPS) is 11.3. The lowest BCUT2D eigenvalue weighted by Gasteiger charge is -2.06. The van der Waals surface area contributed by atoms with Gasteiger partial charge in [-0.3, -0.25) is 0 Å². The molecule has 0 aromatic carbocycles. The topological polar surface area (TPSA) is 22.1 Å². The molecule has 65 valence electrons. The number of alkyl halides is 3. The summed E-state index contributed by atoms with van der Waals surface area (Å²) in [4.78, 5) is 3.36. The summed E-state index contributed by atoms with van der Waals surface area (Å²) >= 11 is 0. The van der Waals surface area contributed by atoms with E-state index in [1.54, 1.807) is 0 Å². The molecule has 0 bridgehead atoms. The summed E-state index contributed by atoms with van der Waals surface area (Å²) in [6.07, 6.45) is -3.49. The van der Waals surface area contributed by atoms with Crippen LogP contribution in [-0.2, 0) is 0 Å². The highest BCUT2D eigenvalue weighted by Gasteiger charge is 2.31. The van der Waals surface area contributed by atoms with E-state index in [2.05, 4.69) is 16.6 Å². The van der Waals surface area contributed by atoms with Crippen LogP contribution >= 0.6 is 0 Å². The summed E-state index contributed by atoms with van der Waals surface area (Å²) in [5.74, 6) is -0.477. The maximum atomic E-state index is 11.6. The number of nitrogens with zero attached hydrogens (tertiary/aromatic N) is 1. The van der Waals surface area contributed by atoms with E-state index in [4.69, 9.17) is 0 Å². The van der Waals surface area contributed by atoms with Gasteiger partial charge in [-0.25, -0.2) is 4.98 Å². The zero-order valence-electron chi connectivity index (χ0n) is 5.93. The lowest BCUT2D eigenvalue weighted by molar-refractivity contribution is -0.276. The molecule has 2 nitrogen and oxygen atoms in total. The van der Waals surface area contributed by atoms with Crippen molar-refractivity contribution in [2.24, 2.45) is 0 Å². The molecule has 5 heteroatoms. The van der Waals surface area contributed by atoms with Crippen LogP contribution in [0.2, 0.25) is 0 Å². The molecule has 1 heterocycles. The second kappa shape index (κ2) is 3.00. The van der Waals surface area contributed by atoms with Crippen molar-refractivity contribution >= 4 is 0 Å². The van der Waals surface area contributed by atoms with Gasteiger partial charge in [0.05, 0.1) is 0 Å². The molecule has 0 saturated carbocycles. The molecule has 1 rings (SSSR count). The SMILES string of the molecule is [CH2]c1ccc(OC(F)(F)F)nc1. The van der Waals surface area contributed by atoms with Crippen molar-refractivity contribution in [3.8, 4) is 5.88 Å². The highest BCUT2D eigenvalue weighted by atomic mass is 19.4. The zero-order chi connectivity index (χ0) is 9.19. The van der Waals surface area contributed by atoms with Gasteiger partial charge >= 0.3 is 6.36 Å². The lowest BCUT2D eigenvalue weighted by atomic mass is 10.3. The van der Waals surface area contributed by atoms with Gasteiger partial charge in [-0.2, -0.15) is 0 Å². The number of aromatic nitrogens is 1. The minimum absolute atomic E-state index is 0.477. The number of ether oxygens (including phenoxy) is 1. The molecule has 0 N–H and O–H groups in total. The third kappa shape index (κ3) is 2.77. The van der Waals surface area contributed by atoms with Crippen LogP contribution < -0.4 is 4.74 Å². The molecule has 0 unspecified atom stereocenters. The molecular formula is C7H5F3NO. The summed E-state index contributed by atoms with van der Waals surface area (Å²) in [5.41, 5.74) is 0.532. The summed E-state index contributed by atoms with van der Waals surface area (Å²) in [6, 6.07) is 2.49. The molecule has 0 fully saturated rings. The molecule has 1 radical (unpaired) electrons. The van der Waals surface area contributed by atoms with Crippen molar-refractivity contribution in [3.05, 3.63) is 30.8 Å². The Morgan fingerprint density at radius 2 is 2.00 bits per heavy atom. The van der Waals surface area contributed by atoms with Gasteiger partial charge in [0.15, 0.2) is 0 Å². The molecule has 0 saturated heterocycles. The van der Waals surface area contributed by atoms with Gasteiger partial charge in [0.2, 0.25) is 5.88 Å². The Morgan fingerprint density at radius 1 is 1.33 bits per heavy atom. The Hall–Kier alpha value is -1.26. The molecule has 0 spiro atoms. The third-order valence-corrected chi connectivity index (χ3v) is 1.02. The number of halogens is 3. The first kappa shape index (κ1) is 8.83.